The summed E-state index contributed by atoms with van der Waals surface area (Å²) in [5, 5.41) is 44.4. The third-order valence-corrected chi connectivity index (χ3v) is 12.7. The quantitative estimate of drug-likeness (QED) is 0.0646. The number of aliphatic carboxylic acids is 2. The number of amides is 2. The molecule has 0 aliphatic carbocycles. The largest absolute Gasteiger partial charge is 0.504 e. The average molecular weight is 792 g/mol. The van der Waals surface area contributed by atoms with Crippen molar-refractivity contribution >= 4 is 75.1 Å². The van der Waals surface area contributed by atoms with Crippen molar-refractivity contribution in [3.8, 4) is 11.5 Å². The number of oxime groups is 1. The van der Waals surface area contributed by atoms with Crippen LogP contribution in [0.5, 0.6) is 11.5 Å². The number of likely N-dealkylation sites (tertiary alicyclic amines) is 2. The Morgan fingerprint density at radius 2 is 1.87 bits per heavy atom. The molecule has 4 aliphatic heterocycles. The Kier molecular flexibility index (Phi) is 10.7. The van der Waals surface area contributed by atoms with Crippen molar-refractivity contribution in [1.82, 2.24) is 14.8 Å². The van der Waals surface area contributed by atoms with Crippen LogP contribution in [-0.4, -0.2) is 130 Å². The number of carboxylic acid groups (broad SMARTS) is 2. The number of nitrogens with zero attached hydrogens (tertiary/aromatic N) is 5. The van der Waals surface area contributed by atoms with Crippen LogP contribution in [0.2, 0.25) is 5.02 Å². The fraction of sp³-hybridized carbons (Fsp3) is 0.500. The number of carbonyl (C=O) groups is 5. The molecular formula is C34H40ClN6O10S2+. The van der Waals surface area contributed by atoms with Crippen LogP contribution in [0.15, 0.2) is 33.9 Å². The van der Waals surface area contributed by atoms with Crippen LogP contribution in [0.3, 0.4) is 0 Å². The fourth-order valence-electron chi connectivity index (χ4n) is 7.50. The summed E-state index contributed by atoms with van der Waals surface area (Å²) < 4.78 is 0.535. The molecule has 3 atom stereocenters. The predicted molar refractivity (Wildman–Crippen MR) is 195 cm³/mol. The number of ketones is 1. The Hall–Kier alpha value is -4.39. The van der Waals surface area contributed by atoms with Crippen LogP contribution in [-0.2, 0) is 24.0 Å². The molecule has 3 saturated heterocycles. The molecule has 0 unspecified atom stereocenters. The molecule has 0 bridgehead atoms. The number of fused-ring (bicyclic) bond motifs is 1. The van der Waals surface area contributed by atoms with E-state index >= 15 is 0 Å². The molecule has 2 amide bonds. The summed E-state index contributed by atoms with van der Waals surface area (Å²) in [5.74, 6) is -5.61. The van der Waals surface area contributed by atoms with Gasteiger partial charge in [-0.15, -0.1) is 23.1 Å². The molecule has 6 rings (SSSR count). The molecule has 53 heavy (non-hydrogen) atoms. The van der Waals surface area contributed by atoms with Gasteiger partial charge in [-0.3, -0.25) is 19.3 Å². The van der Waals surface area contributed by atoms with E-state index in [0.717, 1.165) is 50.1 Å². The van der Waals surface area contributed by atoms with Crippen LogP contribution in [0.4, 0.5) is 5.13 Å². The number of thiazole rings is 1. The lowest BCUT2D eigenvalue weighted by molar-refractivity contribution is -0.913. The zero-order valence-corrected chi connectivity index (χ0v) is 31.4. The number of nitrogen functional groups attached to an aromatic ring is 1. The van der Waals surface area contributed by atoms with Gasteiger partial charge < -0.3 is 40.4 Å². The van der Waals surface area contributed by atoms with E-state index in [4.69, 9.17) is 22.2 Å². The topological polar surface area (TPSA) is 233 Å². The Morgan fingerprint density at radius 3 is 2.51 bits per heavy atom. The molecule has 5 heterocycles. The van der Waals surface area contributed by atoms with Gasteiger partial charge in [0.1, 0.15) is 17.9 Å². The summed E-state index contributed by atoms with van der Waals surface area (Å²) in [6.07, 6.45) is 2.98. The van der Waals surface area contributed by atoms with Crippen molar-refractivity contribution in [1.29, 1.82) is 0 Å². The normalized spacial score (nSPS) is 22.8. The van der Waals surface area contributed by atoms with Gasteiger partial charge in [-0.05, 0) is 38.8 Å². The highest BCUT2D eigenvalue weighted by Gasteiger charge is 2.55. The van der Waals surface area contributed by atoms with Gasteiger partial charge in [0.2, 0.25) is 11.5 Å². The van der Waals surface area contributed by atoms with Crippen molar-refractivity contribution in [3.05, 3.63) is 45.1 Å². The SMILES string of the molecule is CC(C)(O/N=C(/C(=O)C[C@@H]1C(=O)N2C(C(=O)O)=C(C[N+]3(C[C@@H]4CCCN4C(=O)c4ccc(O)c(O)c4Cl)CCCC3)CS[C@H]12)c1csc(N)n1)C(=O)O. The zero-order chi connectivity index (χ0) is 38.4. The second kappa shape index (κ2) is 14.8. The summed E-state index contributed by atoms with van der Waals surface area (Å²) in [7, 11) is 0. The molecule has 4 aliphatic rings. The summed E-state index contributed by atoms with van der Waals surface area (Å²) >= 11 is 8.66. The standard InChI is InChI=1S/C34H39ClN6O10S2/c1-34(2,32(49)50)51-38-25(21-16-53-33(36)37-21)23(43)12-20-29(46)40-26(31(47)48)17(15-52-30(20)40)13-41(10-3-4-11-41)14-18-6-5-9-39(18)28(45)19-7-8-22(42)27(44)24(19)35/h7-8,16,18,20,30H,3-6,9-15H2,1-2H3,(H5-,36,37,38,42,43,44,45,47,48,49,50)/p+1/t18-,20+,30+/m0/s1. The number of halogens is 1. The number of benzene rings is 1. The first kappa shape index (κ1) is 38.3. The minimum absolute atomic E-state index is 0.0680. The highest BCUT2D eigenvalue weighted by molar-refractivity contribution is 8.00. The summed E-state index contributed by atoms with van der Waals surface area (Å²) in [4.78, 5) is 77.6. The first-order valence-electron chi connectivity index (χ1n) is 17.0. The number of Topliss-reactive ketones (excluding diaryl/α,β-unsaturated/α-hetero) is 1. The van der Waals surface area contributed by atoms with Gasteiger partial charge in [-0.2, -0.15) is 0 Å². The van der Waals surface area contributed by atoms with Gasteiger partial charge in [0.15, 0.2) is 28.1 Å². The lowest BCUT2D eigenvalue weighted by Crippen LogP contribution is -2.63. The van der Waals surface area contributed by atoms with Gasteiger partial charge in [-0.1, -0.05) is 16.8 Å². The minimum Gasteiger partial charge on any atom is -0.504 e. The molecule has 1 aromatic heterocycles. The second-order valence-electron chi connectivity index (χ2n) is 14.2. The number of nitrogens with two attached hydrogens (primary N) is 1. The maximum absolute atomic E-state index is 13.7. The highest BCUT2D eigenvalue weighted by atomic mass is 35.5. The summed E-state index contributed by atoms with van der Waals surface area (Å²) in [6.45, 7) is 5.46. The Balaban J connectivity index is 1.20. The highest BCUT2D eigenvalue weighted by Crippen LogP contribution is 2.46. The average Bonchev–Trinajstić information content (AvgIpc) is 3.87. The van der Waals surface area contributed by atoms with Gasteiger partial charge in [0.25, 0.3) is 5.91 Å². The van der Waals surface area contributed by atoms with E-state index in [1.807, 2.05) is 0 Å². The first-order chi connectivity index (χ1) is 25.0. The monoisotopic (exact) mass is 791 g/mol. The minimum atomic E-state index is -1.77. The van der Waals surface area contributed by atoms with Crippen molar-refractivity contribution in [2.24, 2.45) is 11.1 Å². The third kappa shape index (κ3) is 7.41. The molecule has 284 valence electrons. The number of aromatic hydroxyl groups is 2. The summed E-state index contributed by atoms with van der Waals surface area (Å²) in [5.41, 5.74) is 4.37. The molecular weight excluding hydrogens is 752 g/mol. The fourth-order valence-corrected chi connectivity index (χ4v) is 9.69. The number of carbonyl (C=O) groups excluding carboxylic acids is 3. The van der Waals surface area contributed by atoms with Crippen LogP contribution in [0.1, 0.15) is 62.0 Å². The van der Waals surface area contributed by atoms with Crippen LogP contribution in [0.25, 0.3) is 0 Å². The Bertz CT molecular complexity index is 1930. The molecule has 0 saturated carbocycles. The molecule has 1 aromatic carbocycles. The van der Waals surface area contributed by atoms with Gasteiger partial charge >= 0.3 is 11.9 Å². The third-order valence-electron chi connectivity index (χ3n) is 10.3. The maximum atomic E-state index is 13.7. The van der Waals surface area contributed by atoms with Crippen molar-refractivity contribution in [2.45, 2.75) is 63.0 Å². The molecule has 16 nitrogen and oxygen atoms in total. The number of aromatic nitrogens is 1. The number of phenolic OH excluding ortho intramolecular Hbond substituents is 2. The number of phenols is 2. The van der Waals surface area contributed by atoms with E-state index in [1.165, 1.54) is 48.0 Å². The Labute approximate surface area is 317 Å². The van der Waals surface area contributed by atoms with E-state index < -0.39 is 52.0 Å². The zero-order valence-electron chi connectivity index (χ0n) is 29.0. The molecule has 2 aromatic rings. The van der Waals surface area contributed by atoms with Crippen molar-refractivity contribution in [2.75, 3.05) is 44.2 Å². The molecule has 6 N–H and O–H groups in total. The van der Waals surface area contributed by atoms with Crippen LogP contribution >= 0.6 is 34.7 Å². The lowest BCUT2D eigenvalue weighted by atomic mass is 9.89. The Morgan fingerprint density at radius 1 is 1.15 bits per heavy atom. The molecule has 0 radical (unpaired) electrons. The second-order valence-corrected chi connectivity index (χ2v) is 16.6. The predicted octanol–water partition coefficient (Wildman–Crippen LogP) is 3.12. The maximum Gasteiger partial charge on any atom is 0.352 e. The van der Waals surface area contributed by atoms with Crippen molar-refractivity contribution in [3.63, 3.8) is 0 Å². The molecule has 19 heteroatoms. The lowest BCUT2D eigenvalue weighted by Gasteiger charge is -2.50. The summed E-state index contributed by atoms with van der Waals surface area (Å²) in [6, 6.07) is 2.43. The number of hydrogen-bond donors (Lipinski definition) is 5. The van der Waals surface area contributed by atoms with Gasteiger partial charge in [0, 0.05) is 42.5 Å². The van der Waals surface area contributed by atoms with Crippen LogP contribution in [0, 0.1) is 5.92 Å². The first-order valence-corrected chi connectivity index (χ1v) is 19.3. The van der Waals surface area contributed by atoms with E-state index in [-0.39, 0.29) is 51.2 Å². The van der Waals surface area contributed by atoms with E-state index in [1.54, 1.807) is 4.90 Å². The number of rotatable bonds is 13. The number of β-lactam (4-membered cyclic amide) rings is 1. The number of hydrogen-bond acceptors (Lipinski definition) is 13. The number of anilines is 1. The van der Waals surface area contributed by atoms with E-state index in [9.17, 15) is 44.4 Å². The molecule has 0 spiro atoms. The van der Waals surface area contributed by atoms with E-state index in [2.05, 4.69) is 10.1 Å². The van der Waals surface area contributed by atoms with Gasteiger partial charge in [0.05, 0.1) is 47.6 Å². The van der Waals surface area contributed by atoms with Crippen molar-refractivity contribution < 1.29 is 53.7 Å². The molecule has 3 fully saturated rings. The van der Waals surface area contributed by atoms with Crippen LogP contribution < -0.4 is 5.73 Å². The number of carboxylic acids is 2. The smallest absolute Gasteiger partial charge is 0.352 e. The number of thioether (sulfide) groups is 1. The van der Waals surface area contributed by atoms with Gasteiger partial charge in [-0.25, -0.2) is 14.6 Å². The number of quaternary nitrogens is 1. The van der Waals surface area contributed by atoms with E-state index in [0.29, 0.717) is 35.4 Å².